The number of hydrogen-bond donors (Lipinski definition) is 2. The van der Waals surface area contributed by atoms with E-state index in [1.165, 1.54) is 6.20 Å². The van der Waals surface area contributed by atoms with Crippen molar-refractivity contribution >= 4 is 5.95 Å². The van der Waals surface area contributed by atoms with Gasteiger partial charge in [0.15, 0.2) is 5.82 Å². The Kier molecular flexibility index (Phi) is 5.18. The van der Waals surface area contributed by atoms with Crippen LogP contribution in [0.1, 0.15) is 12.8 Å². The monoisotopic (exact) mass is 295 g/mol. The minimum absolute atomic E-state index is 0.0465. The molecule has 2 aromatic heterocycles. The Morgan fingerprint density at radius 3 is 2.81 bits per heavy atom. The molecule has 0 bridgehead atoms. The zero-order valence-corrected chi connectivity index (χ0v) is 11.7. The second-order valence-electron chi connectivity index (χ2n) is 4.70. The third kappa shape index (κ3) is 4.47. The maximum Gasteiger partial charge on any atom is 0.220 e. The Hall–Kier alpha value is -2.06. The molecule has 1 fully saturated rings. The maximum atomic E-state index is 13.2. The Morgan fingerprint density at radius 1 is 1.48 bits per heavy atom. The van der Waals surface area contributed by atoms with Gasteiger partial charge in [-0.05, 0) is 12.8 Å². The van der Waals surface area contributed by atoms with Crippen LogP contribution in [-0.4, -0.2) is 44.2 Å². The Balaban J connectivity index is 0.000000194. The molecule has 1 unspecified atom stereocenters. The summed E-state index contributed by atoms with van der Waals surface area (Å²) in [6.45, 7) is 1.37. The molecule has 2 aromatic rings. The van der Waals surface area contributed by atoms with Crippen LogP contribution < -0.4 is 5.73 Å². The van der Waals surface area contributed by atoms with Gasteiger partial charge in [-0.1, -0.05) is 0 Å². The van der Waals surface area contributed by atoms with E-state index < -0.39 is 5.82 Å². The summed E-state index contributed by atoms with van der Waals surface area (Å²) in [6, 6.07) is 0. The molecule has 7 nitrogen and oxygen atoms in total. The van der Waals surface area contributed by atoms with Gasteiger partial charge in [0.1, 0.15) is 5.69 Å². The molecular formula is C13H18FN5O2. The molecule has 0 radical (unpaired) electrons. The summed E-state index contributed by atoms with van der Waals surface area (Å²) in [5, 5.41) is 12.7. The van der Waals surface area contributed by atoms with Gasteiger partial charge in [0.25, 0.3) is 0 Å². The molecule has 114 valence electrons. The summed E-state index contributed by atoms with van der Waals surface area (Å²) in [6.07, 6.45) is 5.97. The van der Waals surface area contributed by atoms with E-state index in [0.717, 1.165) is 25.6 Å². The lowest BCUT2D eigenvalue weighted by molar-refractivity contribution is -0.00535. The fourth-order valence-electron chi connectivity index (χ4n) is 1.85. The number of halogens is 1. The van der Waals surface area contributed by atoms with E-state index >= 15 is 0 Å². The lowest BCUT2D eigenvalue weighted by atomic mass is 10.2. The molecule has 1 saturated heterocycles. The van der Waals surface area contributed by atoms with Gasteiger partial charge in [0, 0.05) is 25.4 Å². The fourth-order valence-corrected chi connectivity index (χ4v) is 1.85. The number of ether oxygens (including phenoxy) is 1. The van der Waals surface area contributed by atoms with Gasteiger partial charge in [-0.2, -0.15) is 5.10 Å². The predicted molar refractivity (Wildman–Crippen MR) is 74.7 cm³/mol. The average molecular weight is 295 g/mol. The zero-order valence-electron chi connectivity index (χ0n) is 11.7. The first-order chi connectivity index (χ1) is 10.1. The summed E-state index contributed by atoms with van der Waals surface area (Å²) in [7, 11) is 1.74. The summed E-state index contributed by atoms with van der Waals surface area (Å²) in [5.41, 5.74) is 6.11. The number of aliphatic hydroxyl groups is 1. The molecule has 1 atom stereocenters. The number of anilines is 1. The Bertz CT molecular complexity index is 584. The lowest BCUT2D eigenvalue weighted by Crippen LogP contribution is -2.21. The number of nitrogen functional groups attached to an aromatic ring is 1. The molecule has 21 heavy (non-hydrogen) atoms. The van der Waals surface area contributed by atoms with Crippen molar-refractivity contribution in [3.8, 4) is 11.3 Å². The van der Waals surface area contributed by atoms with Crippen LogP contribution in [0.5, 0.6) is 0 Å². The van der Waals surface area contributed by atoms with Gasteiger partial charge in [0.2, 0.25) is 5.95 Å². The number of rotatable bonds is 1. The van der Waals surface area contributed by atoms with Crippen LogP contribution in [0.3, 0.4) is 0 Å². The minimum atomic E-state index is -0.507. The predicted octanol–water partition coefficient (Wildman–Crippen LogP) is 0.756. The maximum absolute atomic E-state index is 13.2. The van der Waals surface area contributed by atoms with Crippen molar-refractivity contribution in [1.29, 1.82) is 0 Å². The van der Waals surface area contributed by atoms with Crippen LogP contribution in [0.25, 0.3) is 11.3 Å². The van der Waals surface area contributed by atoms with Gasteiger partial charge in [-0.25, -0.2) is 14.4 Å². The van der Waals surface area contributed by atoms with Crippen molar-refractivity contribution in [3.05, 3.63) is 24.4 Å². The highest BCUT2D eigenvalue weighted by Crippen LogP contribution is 2.19. The average Bonchev–Trinajstić information content (AvgIpc) is 2.89. The molecule has 0 amide bonds. The van der Waals surface area contributed by atoms with E-state index in [0.29, 0.717) is 12.2 Å². The van der Waals surface area contributed by atoms with Gasteiger partial charge in [-0.3, -0.25) is 4.68 Å². The molecule has 3 rings (SSSR count). The summed E-state index contributed by atoms with van der Waals surface area (Å²) >= 11 is 0. The zero-order chi connectivity index (χ0) is 15.2. The van der Waals surface area contributed by atoms with Gasteiger partial charge < -0.3 is 15.6 Å². The summed E-state index contributed by atoms with van der Waals surface area (Å²) < 4.78 is 19.7. The van der Waals surface area contributed by atoms with Crippen LogP contribution in [0.2, 0.25) is 0 Å². The SMILES string of the molecule is Cn1cc(-c2nc(N)ncc2F)cn1.OC1CCCOC1. The molecule has 0 aliphatic carbocycles. The lowest BCUT2D eigenvalue weighted by Gasteiger charge is -2.15. The van der Waals surface area contributed by atoms with Crippen LogP contribution in [0.4, 0.5) is 10.3 Å². The highest BCUT2D eigenvalue weighted by atomic mass is 19.1. The van der Waals surface area contributed by atoms with E-state index in [-0.39, 0.29) is 17.7 Å². The number of nitrogens with zero attached hydrogens (tertiary/aromatic N) is 4. The second kappa shape index (κ2) is 7.09. The van der Waals surface area contributed by atoms with E-state index in [1.54, 1.807) is 17.9 Å². The smallest absolute Gasteiger partial charge is 0.220 e. The third-order valence-electron chi connectivity index (χ3n) is 2.88. The van der Waals surface area contributed by atoms with Crippen LogP contribution in [-0.2, 0) is 11.8 Å². The second-order valence-corrected chi connectivity index (χ2v) is 4.70. The van der Waals surface area contributed by atoms with E-state index in [4.69, 9.17) is 15.6 Å². The van der Waals surface area contributed by atoms with Crippen LogP contribution >= 0.6 is 0 Å². The van der Waals surface area contributed by atoms with Crippen LogP contribution in [0, 0.1) is 5.82 Å². The number of hydrogen-bond acceptors (Lipinski definition) is 6. The molecule has 3 N–H and O–H groups in total. The third-order valence-corrected chi connectivity index (χ3v) is 2.88. The van der Waals surface area contributed by atoms with Crippen molar-refractivity contribution in [2.24, 2.45) is 7.05 Å². The highest BCUT2D eigenvalue weighted by Gasteiger charge is 2.09. The fraction of sp³-hybridized carbons (Fsp3) is 0.462. The van der Waals surface area contributed by atoms with Gasteiger partial charge in [-0.15, -0.1) is 0 Å². The quantitative estimate of drug-likeness (QED) is 0.805. The van der Waals surface area contributed by atoms with Crippen molar-refractivity contribution in [2.45, 2.75) is 18.9 Å². The number of aryl methyl sites for hydroxylation is 1. The summed E-state index contributed by atoms with van der Waals surface area (Å²) in [4.78, 5) is 7.33. The topological polar surface area (TPSA) is 99.1 Å². The van der Waals surface area contributed by atoms with E-state index in [9.17, 15) is 4.39 Å². The van der Waals surface area contributed by atoms with Gasteiger partial charge in [0.05, 0.1) is 25.1 Å². The minimum Gasteiger partial charge on any atom is -0.391 e. The van der Waals surface area contributed by atoms with E-state index in [1.807, 2.05) is 0 Å². The molecule has 3 heterocycles. The molecule has 0 aromatic carbocycles. The molecule has 0 spiro atoms. The first kappa shape index (κ1) is 15.3. The number of aliphatic hydroxyl groups excluding tert-OH is 1. The number of aromatic nitrogens is 4. The van der Waals surface area contributed by atoms with Gasteiger partial charge >= 0.3 is 0 Å². The summed E-state index contributed by atoms with van der Waals surface area (Å²) in [5.74, 6) is -0.461. The molecular weight excluding hydrogens is 277 g/mol. The van der Waals surface area contributed by atoms with Crippen molar-refractivity contribution < 1.29 is 14.2 Å². The van der Waals surface area contributed by atoms with Crippen LogP contribution in [0.15, 0.2) is 18.6 Å². The molecule has 1 aliphatic rings. The normalized spacial score (nSPS) is 18.0. The Morgan fingerprint density at radius 2 is 2.29 bits per heavy atom. The number of nitrogens with two attached hydrogens (primary N) is 1. The van der Waals surface area contributed by atoms with Crippen molar-refractivity contribution in [3.63, 3.8) is 0 Å². The van der Waals surface area contributed by atoms with E-state index in [2.05, 4.69) is 15.1 Å². The standard InChI is InChI=1S/C8H8FN5.C5H10O2/c1-14-4-5(2-12-14)7-6(9)3-11-8(10)13-7;6-5-2-1-3-7-4-5/h2-4H,1H3,(H2,10,11,13);5-6H,1-4H2. The Labute approximate surface area is 121 Å². The first-order valence-corrected chi connectivity index (χ1v) is 6.59. The molecule has 8 heteroatoms. The highest BCUT2D eigenvalue weighted by molar-refractivity contribution is 5.58. The first-order valence-electron chi connectivity index (χ1n) is 6.59. The van der Waals surface area contributed by atoms with Crippen molar-refractivity contribution in [2.75, 3.05) is 18.9 Å². The largest absolute Gasteiger partial charge is 0.391 e. The molecule has 0 saturated carbocycles. The van der Waals surface area contributed by atoms with Crippen molar-refractivity contribution in [1.82, 2.24) is 19.7 Å². The molecule has 1 aliphatic heterocycles.